The summed E-state index contributed by atoms with van der Waals surface area (Å²) in [5.41, 5.74) is 5.53. The van der Waals surface area contributed by atoms with Gasteiger partial charge in [-0.15, -0.1) is 5.10 Å². The van der Waals surface area contributed by atoms with Crippen LogP contribution >= 0.6 is 0 Å². The molecule has 4 N–H and O–H groups in total. The van der Waals surface area contributed by atoms with E-state index >= 15 is 0 Å². The van der Waals surface area contributed by atoms with E-state index in [-0.39, 0.29) is 23.1 Å². The Morgan fingerprint density at radius 3 is 2.69 bits per heavy atom. The molecular formula is C7H14N4O4S. The Kier molecular flexibility index (Phi) is 3.83. The fourth-order valence-electron chi connectivity index (χ4n) is 1.05. The molecule has 1 heterocycles. The van der Waals surface area contributed by atoms with Gasteiger partial charge in [0.25, 0.3) is 0 Å². The topological polar surface area (TPSA) is 131 Å². The molecule has 0 aliphatic carbocycles. The Labute approximate surface area is 92.6 Å². The summed E-state index contributed by atoms with van der Waals surface area (Å²) in [6.07, 6.45) is -1.05. The third kappa shape index (κ3) is 2.49. The predicted molar refractivity (Wildman–Crippen MR) is 55.3 cm³/mol. The molecule has 92 valence electrons. The van der Waals surface area contributed by atoms with Crippen LogP contribution in [0.5, 0.6) is 0 Å². The van der Waals surface area contributed by atoms with Gasteiger partial charge in [-0.05, 0) is 0 Å². The van der Waals surface area contributed by atoms with Crippen molar-refractivity contribution in [2.24, 2.45) is 0 Å². The zero-order valence-electron chi connectivity index (χ0n) is 8.74. The van der Waals surface area contributed by atoms with Gasteiger partial charge >= 0.3 is 0 Å². The first-order valence-corrected chi connectivity index (χ1v) is 6.28. The molecule has 8 nitrogen and oxygen atoms in total. The molecule has 1 rings (SSSR count). The highest BCUT2D eigenvalue weighted by molar-refractivity contribution is 7.91. The molecular weight excluding hydrogens is 236 g/mol. The van der Waals surface area contributed by atoms with Crippen molar-refractivity contribution in [2.45, 2.75) is 24.6 Å². The minimum Gasteiger partial charge on any atom is -0.394 e. The summed E-state index contributed by atoms with van der Waals surface area (Å²) in [7, 11) is -3.51. The van der Waals surface area contributed by atoms with Crippen molar-refractivity contribution in [1.82, 2.24) is 15.0 Å². The minimum absolute atomic E-state index is 0.103. The molecule has 0 radical (unpaired) electrons. The largest absolute Gasteiger partial charge is 0.394 e. The van der Waals surface area contributed by atoms with Crippen molar-refractivity contribution < 1.29 is 18.6 Å². The van der Waals surface area contributed by atoms with E-state index in [1.807, 2.05) is 0 Å². The van der Waals surface area contributed by atoms with Crippen LogP contribution in [0.4, 0.5) is 5.82 Å². The highest BCUT2D eigenvalue weighted by atomic mass is 32.2. The number of hydrogen-bond donors (Lipinski definition) is 3. The molecule has 0 saturated heterocycles. The lowest BCUT2D eigenvalue weighted by molar-refractivity contribution is 0.0783. The van der Waals surface area contributed by atoms with Crippen LogP contribution in [0.25, 0.3) is 0 Å². The molecule has 0 bridgehead atoms. The lowest BCUT2D eigenvalue weighted by Crippen LogP contribution is -2.22. The first-order chi connectivity index (χ1) is 7.42. The zero-order valence-corrected chi connectivity index (χ0v) is 9.55. The van der Waals surface area contributed by atoms with Gasteiger partial charge in [-0.1, -0.05) is 12.1 Å². The normalized spacial score (nSPS) is 13.9. The van der Waals surface area contributed by atoms with Crippen LogP contribution in [-0.2, 0) is 16.4 Å². The van der Waals surface area contributed by atoms with Gasteiger partial charge in [0, 0.05) is 0 Å². The fraction of sp³-hybridized carbons (Fsp3) is 0.714. The summed E-state index contributed by atoms with van der Waals surface area (Å²) in [5, 5.41) is 24.5. The quantitative estimate of drug-likeness (QED) is 0.551. The van der Waals surface area contributed by atoms with Crippen LogP contribution in [0, 0.1) is 0 Å². The third-order valence-electron chi connectivity index (χ3n) is 2.01. The maximum atomic E-state index is 11.5. The third-order valence-corrected chi connectivity index (χ3v) is 3.65. The maximum absolute atomic E-state index is 11.5. The highest BCUT2D eigenvalue weighted by Crippen LogP contribution is 2.15. The first kappa shape index (κ1) is 12.9. The Hall–Kier alpha value is -1.19. The van der Waals surface area contributed by atoms with E-state index < -0.39 is 22.5 Å². The van der Waals surface area contributed by atoms with E-state index in [1.54, 1.807) is 0 Å². The predicted octanol–water partition coefficient (Wildman–Crippen LogP) is -1.99. The van der Waals surface area contributed by atoms with Crippen LogP contribution in [0.1, 0.15) is 6.92 Å². The van der Waals surface area contributed by atoms with E-state index in [2.05, 4.69) is 10.3 Å². The second kappa shape index (κ2) is 4.76. The van der Waals surface area contributed by atoms with Gasteiger partial charge in [-0.2, -0.15) is 0 Å². The molecule has 0 aliphatic heterocycles. The molecule has 1 aromatic rings. The van der Waals surface area contributed by atoms with Gasteiger partial charge in [0.1, 0.15) is 0 Å². The van der Waals surface area contributed by atoms with E-state index in [4.69, 9.17) is 15.9 Å². The van der Waals surface area contributed by atoms with Crippen LogP contribution < -0.4 is 5.73 Å². The second-order valence-corrected chi connectivity index (χ2v) is 5.40. The molecule has 0 aromatic carbocycles. The van der Waals surface area contributed by atoms with E-state index in [0.717, 1.165) is 4.68 Å². The van der Waals surface area contributed by atoms with Gasteiger partial charge in [0.2, 0.25) is 14.9 Å². The van der Waals surface area contributed by atoms with Crippen molar-refractivity contribution in [3.05, 3.63) is 0 Å². The molecule has 16 heavy (non-hydrogen) atoms. The van der Waals surface area contributed by atoms with Crippen molar-refractivity contribution in [3.63, 3.8) is 0 Å². The van der Waals surface area contributed by atoms with Gasteiger partial charge < -0.3 is 15.9 Å². The van der Waals surface area contributed by atoms with E-state index in [0.29, 0.717) is 0 Å². The number of aliphatic hydroxyl groups excluding tert-OH is 2. The van der Waals surface area contributed by atoms with Crippen LogP contribution in [0.3, 0.4) is 0 Å². The summed E-state index contributed by atoms with van der Waals surface area (Å²) in [4.78, 5) is 0. The molecule has 9 heteroatoms. The molecule has 0 amide bonds. The Bertz CT molecular complexity index is 455. The van der Waals surface area contributed by atoms with Gasteiger partial charge in [0.05, 0.1) is 25.0 Å². The molecule has 0 spiro atoms. The number of aromatic nitrogens is 3. The average molecular weight is 250 g/mol. The second-order valence-electron chi connectivity index (χ2n) is 3.20. The molecule has 0 aliphatic rings. The van der Waals surface area contributed by atoms with E-state index in [1.165, 1.54) is 6.92 Å². The number of nitrogens with two attached hydrogens (primary N) is 1. The molecule has 1 atom stereocenters. The summed E-state index contributed by atoms with van der Waals surface area (Å²) in [5.74, 6) is -0.257. The van der Waals surface area contributed by atoms with Crippen molar-refractivity contribution >= 4 is 15.7 Å². The Morgan fingerprint density at radius 1 is 1.56 bits per heavy atom. The van der Waals surface area contributed by atoms with Gasteiger partial charge in [-0.25, -0.2) is 13.1 Å². The molecule has 1 aromatic heterocycles. The molecule has 0 saturated carbocycles. The van der Waals surface area contributed by atoms with Crippen molar-refractivity contribution in [3.8, 4) is 0 Å². The Balaban J connectivity index is 3.02. The first-order valence-electron chi connectivity index (χ1n) is 4.63. The smallest absolute Gasteiger partial charge is 0.220 e. The number of anilines is 1. The number of sulfone groups is 1. The summed E-state index contributed by atoms with van der Waals surface area (Å²) < 4.78 is 24.0. The lowest BCUT2D eigenvalue weighted by atomic mass is 10.4. The van der Waals surface area contributed by atoms with E-state index in [9.17, 15) is 8.42 Å². The fourth-order valence-corrected chi connectivity index (χ4v) is 1.91. The monoisotopic (exact) mass is 250 g/mol. The number of nitrogens with zero attached hydrogens (tertiary/aromatic N) is 3. The SMILES string of the molecule is CCS(=O)(=O)c1nnn(CC(O)CO)c1N. The number of nitrogen functional groups attached to an aromatic ring is 1. The average Bonchev–Trinajstić information content (AvgIpc) is 2.61. The summed E-state index contributed by atoms with van der Waals surface area (Å²) in [6.45, 7) is 0.903. The summed E-state index contributed by atoms with van der Waals surface area (Å²) in [6, 6.07) is 0. The van der Waals surface area contributed by atoms with Gasteiger partial charge in [-0.3, -0.25) is 0 Å². The summed E-state index contributed by atoms with van der Waals surface area (Å²) >= 11 is 0. The number of aliphatic hydroxyl groups is 2. The standard InChI is InChI=1S/C7H14N4O4S/c1-2-16(14,15)7-6(8)11(10-9-7)3-5(13)4-12/h5,12-13H,2-4,8H2,1H3. The zero-order chi connectivity index (χ0) is 12.3. The Morgan fingerprint density at radius 2 is 2.19 bits per heavy atom. The van der Waals surface area contributed by atoms with Crippen molar-refractivity contribution in [1.29, 1.82) is 0 Å². The number of rotatable bonds is 5. The minimum atomic E-state index is -3.51. The number of hydrogen-bond acceptors (Lipinski definition) is 7. The maximum Gasteiger partial charge on any atom is 0.220 e. The molecule has 0 fully saturated rings. The van der Waals surface area contributed by atoms with Crippen molar-refractivity contribution in [2.75, 3.05) is 18.1 Å². The van der Waals surface area contributed by atoms with Crippen LogP contribution in [-0.4, -0.2) is 52.1 Å². The van der Waals surface area contributed by atoms with Crippen LogP contribution in [0.2, 0.25) is 0 Å². The van der Waals surface area contributed by atoms with Crippen LogP contribution in [0.15, 0.2) is 5.03 Å². The van der Waals surface area contributed by atoms with Gasteiger partial charge in [0.15, 0.2) is 5.82 Å². The highest BCUT2D eigenvalue weighted by Gasteiger charge is 2.22. The lowest BCUT2D eigenvalue weighted by Gasteiger charge is -2.07. The molecule has 1 unspecified atom stereocenters.